The molecule has 1 saturated heterocycles. The number of hydrogen-bond donors (Lipinski definition) is 2. The minimum Gasteiger partial charge on any atom is -0.469 e. The number of anilines is 2. The Morgan fingerprint density at radius 2 is 2.03 bits per heavy atom. The molecule has 3 amide bonds. The lowest BCUT2D eigenvalue weighted by atomic mass is 10.0. The maximum atomic E-state index is 12.4. The molecule has 0 aliphatic carbocycles. The van der Waals surface area contributed by atoms with E-state index in [1.807, 2.05) is 29.6 Å². The first-order chi connectivity index (χ1) is 14.6. The van der Waals surface area contributed by atoms with Crippen LogP contribution in [0.25, 0.3) is 0 Å². The van der Waals surface area contributed by atoms with E-state index in [1.54, 1.807) is 46.8 Å². The molecule has 4 rings (SSSR count). The van der Waals surface area contributed by atoms with Crippen molar-refractivity contribution < 1.29 is 18.8 Å². The number of nitrogens with zero attached hydrogens (tertiary/aromatic N) is 1. The number of furan rings is 1. The number of thiophene rings is 1. The van der Waals surface area contributed by atoms with E-state index in [0.717, 1.165) is 17.1 Å². The molecule has 2 aromatic heterocycles. The molecular formula is C22H21N3O4S. The zero-order valence-electron chi connectivity index (χ0n) is 16.2. The van der Waals surface area contributed by atoms with Gasteiger partial charge in [0.25, 0.3) is 0 Å². The van der Waals surface area contributed by atoms with Crippen LogP contribution in [0.1, 0.15) is 29.4 Å². The molecule has 2 N–H and O–H groups in total. The number of carbonyl (C=O) groups is 3. The molecular weight excluding hydrogens is 402 g/mol. The maximum absolute atomic E-state index is 12.4. The summed E-state index contributed by atoms with van der Waals surface area (Å²) in [4.78, 5) is 39.4. The van der Waals surface area contributed by atoms with Gasteiger partial charge in [-0.1, -0.05) is 12.1 Å². The van der Waals surface area contributed by atoms with Crippen molar-refractivity contribution in [2.24, 2.45) is 0 Å². The van der Waals surface area contributed by atoms with Gasteiger partial charge < -0.3 is 20.0 Å². The van der Waals surface area contributed by atoms with Crippen molar-refractivity contribution >= 4 is 40.4 Å². The standard InChI is InChI=1S/C22H21N3O4S/c26-20-9-2-10-25(20)16-6-1-5-15(13-16)24-22(28)21(27)23-14-17(18-7-3-11-29-18)19-8-4-12-30-19/h1,3-8,11-13,17H,2,9-10,14H2,(H,23,27)(H,24,28). The molecule has 8 heteroatoms. The van der Waals surface area contributed by atoms with Gasteiger partial charge in [-0.25, -0.2) is 0 Å². The van der Waals surface area contributed by atoms with Gasteiger partial charge in [-0.2, -0.15) is 0 Å². The first-order valence-corrected chi connectivity index (χ1v) is 10.6. The van der Waals surface area contributed by atoms with Gasteiger partial charge in [-0.3, -0.25) is 14.4 Å². The average molecular weight is 423 g/mol. The van der Waals surface area contributed by atoms with E-state index in [1.165, 1.54) is 0 Å². The number of amides is 3. The summed E-state index contributed by atoms with van der Waals surface area (Å²) in [6.45, 7) is 0.899. The van der Waals surface area contributed by atoms with Gasteiger partial charge in [-0.15, -0.1) is 11.3 Å². The lowest BCUT2D eigenvalue weighted by Gasteiger charge is -2.17. The lowest BCUT2D eigenvalue weighted by molar-refractivity contribution is -0.136. The molecule has 7 nitrogen and oxygen atoms in total. The fraction of sp³-hybridized carbons (Fsp3) is 0.227. The fourth-order valence-corrected chi connectivity index (χ4v) is 4.29. The summed E-state index contributed by atoms with van der Waals surface area (Å²) in [6, 6.07) is 14.5. The molecule has 3 aromatic rings. The zero-order valence-corrected chi connectivity index (χ0v) is 17.0. The monoisotopic (exact) mass is 423 g/mol. The van der Waals surface area contributed by atoms with Gasteiger partial charge in [-0.05, 0) is 48.2 Å². The highest BCUT2D eigenvalue weighted by molar-refractivity contribution is 7.10. The third-order valence-electron chi connectivity index (χ3n) is 4.94. The highest BCUT2D eigenvalue weighted by Gasteiger charge is 2.23. The van der Waals surface area contributed by atoms with Crippen LogP contribution in [0.5, 0.6) is 0 Å². The van der Waals surface area contributed by atoms with Crippen molar-refractivity contribution in [3.05, 3.63) is 70.8 Å². The molecule has 1 aliphatic heterocycles. The van der Waals surface area contributed by atoms with Crippen LogP contribution in [0.2, 0.25) is 0 Å². The summed E-state index contributed by atoms with van der Waals surface area (Å²) in [7, 11) is 0. The van der Waals surface area contributed by atoms with Crippen LogP contribution in [0.15, 0.2) is 64.6 Å². The van der Waals surface area contributed by atoms with Crippen LogP contribution < -0.4 is 15.5 Å². The first kappa shape index (κ1) is 19.9. The first-order valence-electron chi connectivity index (χ1n) is 9.68. The molecule has 0 spiro atoms. The normalized spacial score (nSPS) is 14.5. The highest BCUT2D eigenvalue weighted by atomic mass is 32.1. The van der Waals surface area contributed by atoms with Crippen molar-refractivity contribution in [1.82, 2.24) is 5.32 Å². The third-order valence-corrected chi connectivity index (χ3v) is 5.92. The van der Waals surface area contributed by atoms with Gasteiger partial charge in [0.15, 0.2) is 0 Å². The van der Waals surface area contributed by atoms with Crippen molar-refractivity contribution in [2.75, 3.05) is 23.3 Å². The smallest absolute Gasteiger partial charge is 0.313 e. The molecule has 30 heavy (non-hydrogen) atoms. The highest BCUT2D eigenvalue weighted by Crippen LogP contribution is 2.28. The molecule has 1 unspecified atom stereocenters. The van der Waals surface area contributed by atoms with Crippen LogP contribution in [-0.4, -0.2) is 30.8 Å². The number of hydrogen-bond acceptors (Lipinski definition) is 5. The minimum atomic E-state index is -0.760. The lowest BCUT2D eigenvalue weighted by Crippen LogP contribution is -2.37. The molecule has 1 fully saturated rings. The summed E-state index contributed by atoms with van der Waals surface area (Å²) in [5.74, 6) is -0.869. The van der Waals surface area contributed by atoms with E-state index in [4.69, 9.17) is 4.42 Å². The van der Waals surface area contributed by atoms with Crippen molar-refractivity contribution in [2.45, 2.75) is 18.8 Å². The predicted molar refractivity (Wildman–Crippen MR) is 115 cm³/mol. The van der Waals surface area contributed by atoms with E-state index in [2.05, 4.69) is 10.6 Å². The summed E-state index contributed by atoms with van der Waals surface area (Å²) in [5.41, 5.74) is 1.18. The van der Waals surface area contributed by atoms with Crippen molar-refractivity contribution in [3.63, 3.8) is 0 Å². The van der Waals surface area contributed by atoms with Gasteiger partial charge in [0.2, 0.25) is 5.91 Å². The van der Waals surface area contributed by atoms with E-state index in [-0.39, 0.29) is 18.4 Å². The van der Waals surface area contributed by atoms with Crippen molar-refractivity contribution in [3.8, 4) is 0 Å². The number of nitrogens with one attached hydrogen (secondary N) is 2. The Morgan fingerprint density at radius 3 is 2.73 bits per heavy atom. The Bertz CT molecular complexity index is 996. The molecule has 0 bridgehead atoms. The second-order valence-electron chi connectivity index (χ2n) is 6.95. The fourth-order valence-electron chi connectivity index (χ4n) is 3.46. The van der Waals surface area contributed by atoms with Crippen LogP contribution in [0.4, 0.5) is 11.4 Å². The van der Waals surface area contributed by atoms with E-state index >= 15 is 0 Å². The second kappa shape index (κ2) is 8.96. The summed E-state index contributed by atoms with van der Waals surface area (Å²) in [5, 5.41) is 7.25. The largest absolute Gasteiger partial charge is 0.469 e. The molecule has 0 radical (unpaired) electrons. The van der Waals surface area contributed by atoms with Crippen LogP contribution >= 0.6 is 11.3 Å². The van der Waals surface area contributed by atoms with E-state index < -0.39 is 11.8 Å². The predicted octanol–water partition coefficient (Wildman–Crippen LogP) is 3.35. The summed E-state index contributed by atoms with van der Waals surface area (Å²) < 4.78 is 5.50. The summed E-state index contributed by atoms with van der Waals surface area (Å²) >= 11 is 1.56. The van der Waals surface area contributed by atoms with Gasteiger partial charge in [0.05, 0.1) is 12.2 Å². The number of carbonyl (C=O) groups excluding carboxylic acids is 3. The molecule has 3 heterocycles. The Hall–Kier alpha value is -3.39. The minimum absolute atomic E-state index is 0.0637. The van der Waals surface area contributed by atoms with Crippen LogP contribution in [0.3, 0.4) is 0 Å². The third kappa shape index (κ3) is 4.44. The Morgan fingerprint density at radius 1 is 1.13 bits per heavy atom. The van der Waals surface area contributed by atoms with E-state index in [9.17, 15) is 14.4 Å². The van der Waals surface area contributed by atoms with Gasteiger partial charge in [0.1, 0.15) is 5.76 Å². The Kier molecular flexibility index (Phi) is 5.94. The number of rotatable bonds is 6. The zero-order chi connectivity index (χ0) is 20.9. The molecule has 1 aromatic carbocycles. The maximum Gasteiger partial charge on any atom is 0.313 e. The Balaban J connectivity index is 1.38. The van der Waals surface area contributed by atoms with E-state index in [0.29, 0.717) is 24.3 Å². The topological polar surface area (TPSA) is 91.7 Å². The van der Waals surface area contributed by atoms with Gasteiger partial charge in [0, 0.05) is 35.8 Å². The number of benzene rings is 1. The van der Waals surface area contributed by atoms with Crippen molar-refractivity contribution in [1.29, 1.82) is 0 Å². The Labute approximate surface area is 177 Å². The van der Waals surface area contributed by atoms with Crippen LogP contribution in [0, 0.1) is 0 Å². The quantitative estimate of drug-likeness (QED) is 0.595. The molecule has 1 atom stereocenters. The molecule has 1 aliphatic rings. The van der Waals surface area contributed by atoms with Crippen LogP contribution in [-0.2, 0) is 14.4 Å². The SMILES string of the molecule is O=C(NCC(c1ccco1)c1cccs1)C(=O)Nc1cccc(N2CCCC2=O)c1. The summed E-state index contributed by atoms with van der Waals surface area (Å²) in [6.07, 6.45) is 2.93. The second-order valence-corrected chi connectivity index (χ2v) is 7.93. The molecule has 0 saturated carbocycles. The molecule has 154 valence electrons. The van der Waals surface area contributed by atoms with Gasteiger partial charge >= 0.3 is 11.8 Å². The average Bonchev–Trinajstić information content (AvgIpc) is 3.51.